The van der Waals surface area contributed by atoms with Gasteiger partial charge >= 0.3 is 0 Å². The van der Waals surface area contributed by atoms with E-state index in [9.17, 15) is 9.59 Å². The molecule has 2 N–H and O–H groups in total. The van der Waals surface area contributed by atoms with Crippen LogP contribution < -0.4 is 29.6 Å². The zero-order valence-corrected chi connectivity index (χ0v) is 14.8. The minimum atomic E-state index is -0.293. The number of hydrogen-bond acceptors (Lipinski definition) is 6. The fraction of sp³-hybridized carbons (Fsp3) is 0.263. The summed E-state index contributed by atoms with van der Waals surface area (Å²) in [6.45, 7) is 0.581. The van der Waals surface area contributed by atoms with Crippen molar-refractivity contribution in [3.63, 3.8) is 0 Å². The molecule has 8 nitrogen and oxygen atoms in total. The summed E-state index contributed by atoms with van der Waals surface area (Å²) in [5, 5.41) is 5.40. The number of benzene rings is 2. The molecule has 0 spiro atoms. The largest absolute Gasteiger partial charge is 0.493 e. The molecule has 0 unspecified atom stereocenters. The molecule has 0 saturated carbocycles. The maximum absolute atomic E-state index is 12.1. The first-order valence-electron chi connectivity index (χ1n) is 8.38. The first kappa shape index (κ1) is 18.4. The van der Waals surface area contributed by atoms with E-state index in [0.717, 1.165) is 0 Å². The van der Waals surface area contributed by atoms with Gasteiger partial charge in [0.2, 0.25) is 6.79 Å². The quantitative estimate of drug-likeness (QED) is 0.679. The van der Waals surface area contributed by atoms with Gasteiger partial charge in [0.15, 0.2) is 29.6 Å². The van der Waals surface area contributed by atoms with Crippen molar-refractivity contribution in [1.29, 1.82) is 0 Å². The smallest absolute Gasteiger partial charge is 0.258 e. The highest BCUT2D eigenvalue weighted by Gasteiger charge is 2.16. The average Bonchev–Trinajstić information content (AvgIpc) is 3.17. The number of fused-ring (bicyclic) bond motifs is 1. The molecule has 0 fully saturated rings. The summed E-state index contributed by atoms with van der Waals surface area (Å²) in [5.41, 5.74) is 0.463. The summed E-state index contributed by atoms with van der Waals surface area (Å²) >= 11 is 0. The standard InChI is InChI=1S/C19H20N2O6/c1-24-14-4-2-3-5-15(14)25-11-18(22)20-8-9-21-19(23)13-6-7-16-17(10-13)27-12-26-16/h2-7,10H,8-9,11-12H2,1H3,(H,20,22)(H,21,23). The predicted molar refractivity (Wildman–Crippen MR) is 96.4 cm³/mol. The number of nitrogens with one attached hydrogen (secondary N) is 2. The molecule has 0 saturated heterocycles. The lowest BCUT2D eigenvalue weighted by atomic mass is 10.2. The molecule has 8 heteroatoms. The Bertz CT molecular complexity index is 824. The van der Waals surface area contributed by atoms with Crippen LogP contribution in [0.15, 0.2) is 42.5 Å². The first-order valence-corrected chi connectivity index (χ1v) is 8.38. The van der Waals surface area contributed by atoms with Gasteiger partial charge in [-0.15, -0.1) is 0 Å². The molecule has 0 aliphatic carbocycles. The van der Waals surface area contributed by atoms with Crippen molar-refractivity contribution < 1.29 is 28.5 Å². The van der Waals surface area contributed by atoms with Crippen LogP contribution in [0.3, 0.4) is 0 Å². The lowest BCUT2D eigenvalue weighted by molar-refractivity contribution is -0.123. The van der Waals surface area contributed by atoms with Gasteiger partial charge in [-0.05, 0) is 30.3 Å². The zero-order chi connectivity index (χ0) is 19.1. The summed E-state index contributed by atoms with van der Waals surface area (Å²) in [6, 6.07) is 12.0. The number of ether oxygens (including phenoxy) is 4. The van der Waals surface area contributed by atoms with E-state index >= 15 is 0 Å². The van der Waals surface area contributed by atoms with Gasteiger partial charge in [-0.2, -0.15) is 0 Å². The highest BCUT2D eigenvalue weighted by atomic mass is 16.7. The molecule has 2 aromatic carbocycles. The third kappa shape index (κ3) is 4.81. The van der Waals surface area contributed by atoms with E-state index in [1.807, 2.05) is 6.07 Å². The van der Waals surface area contributed by atoms with Crippen molar-refractivity contribution in [3.05, 3.63) is 48.0 Å². The Morgan fingerprint density at radius 2 is 1.74 bits per heavy atom. The van der Waals surface area contributed by atoms with Gasteiger partial charge in [0, 0.05) is 18.7 Å². The van der Waals surface area contributed by atoms with Gasteiger partial charge in [-0.3, -0.25) is 9.59 Å². The molecular formula is C19H20N2O6. The molecule has 2 aromatic rings. The van der Waals surface area contributed by atoms with Crippen molar-refractivity contribution in [2.45, 2.75) is 0 Å². The highest BCUT2D eigenvalue weighted by molar-refractivity contribution is 5.95. The second-order valence-corrected chi connectivity index (χ2v) is 5.61. The molecule has 0 radical (unpaired) electrons. The SMILES string of the molecule is COc1ccccc1OCC(=O)NCCNC(=O)c1ccc2c(c1)OCO2. The molecule has 3 rings (SSSR count). The Balaban J connectivity index is 1.37. The Kier molecular flexibility index (Phi) is 5.98. The number of rotatable bonds is 8. The monoisotopic (exact) mass is 372 g/mol. The maximum Gasteiger partial charge on any atom is 0.258 e. The van der Waals surface area contributed by atoms with Crippen molar-refractivity contribution in [3.8, 4) is 23.0 Å². The van der Waals surface area contributed by atoms with E-state index in [0.29, 0.717) is 28.6 Å². The molecule has 142 valence electrons. The fourth-order valence-corrected chi connectivity index (χ4v) is 2.45. The van der Waals surface area contributed by atoms with E-state index in [-0.39, 0.29) is 38.3 Å². The van der Waals surface area contributed by atoms with Gasteiger partial charge in [0.25, 0.3) is 11.8 Å². The second-order valence-electron chi connectivity index (χ2n) is 5.61. The van der Waals surface area contributed by atoms with E-state index in [4.69, 9.17) is 18.9 Å². The van der Waals surface area contributed by atoms with Crippen molar-refractivity contribution in [2.24, 2.45) is 0 Å². The van der Waals surface area contributed by atoms with E-state index in [1.54, 1.807) is 36.4 Å². The lowest BCUT2D eigenvalue weighted by Crippen LogP contribution is -2.36. The van der Waals surface area contributed by atoms with Crippen LogP contribution in [0.1, 0.15) is 10.4 Å². The summed E-state index contributed by atoms with van der Waals surface area (Å²) in [4.78, 5) is 24.0. The van der Waals surface area contributed by atoms with Gasteiger partial charge < -0.3 is 29.6 Å². The predicted octanol–water partition coefficient (Wildman–Crippen LogP) is 1.35. The maximum atomic E-state index is 12.1. The van der Waals surface area contributed by atoms with Gasteiger partial charge in [-0.1, -0.05) is 12.1 Å². The lowest BCUT2D eigenvalue weighted by Gasteiger charge is -2.11. The molecule has 0 aromatic heterocycles. The molecule has 0 atom stereocenters. The summed E-state index contributed by atoms with van der Waals surface area (Å²) in [5.74, 6) is 1.66. The second kappa shape index (κ2) is 8.79. The van der Waals surface area contributed by atoms with Crippen LogP contribution in [0.25, 0.3) is 0 Å². The molecule has 1 aliphatic rings. The van der Waals surface area contributed by atoms with Crippen molar-refractivity contribution >= 4 is 11.8 Å². The van der Waals surface area contributed by atoms with Gasteiger partial charge in [-0.25, -0.2) is 0 Å². The summed E-state index contributed by atoms with van der Waals surface area (Å²) in [6.07, 6.45) is 0. The van der Waals surface area contributed by atoms with Crippen LogP contribution in [0.4, 0.5) is 0 Å². The minimum Gasteiger partial charge on any atom is -0.493 e. The molecule has 1 aliphatic heterocycles. The third-order valence-electron chi connectivity index (χ3n) is 3.80. The number of methoxy groups -OCH3 is 1. The van der Waals surface area contributed by atoms with Gasteiger partial charge in [0.05, 0.1) is 7.11 Å². The third-order valence-corrected chi connectivity index (χ3v) is 3.80. The summed E-state index contributed by atoms with van der Waals surface area (Å²) < 4.78 is 21.0. The van der Waals surface area contributed by atoms with Gasteiger partial charge in [0.1, 0.15) is 0 Å². The number of carbonyl (C=O) groups excluding carboxylic acids is 2. The Morgan fingerprint density at radius 3 is 2.56 bits per heavy atom. The van der Waals surface area contributed by atoms with Crippen LogP contribution in [-0.2, 0) is 4.79 Å². The summed E-state index contributed by atoms with van der Waals surface area (Å²) in [7, 11) is 1.53. The Hall–Kier alpha value is -3.42. The number of amides is 2. The van der Waals surface area contributed by atoms with Crippen molar-refractivity contribution in [2.75, 3.05) is 33.6 Å². The molecule has 0 bridgehead atoms. The number of hydrogen-bond donors (Lipinski definition) is 2. The average molecular weight is 372 g/mol. The van der Waals surface area contributed by atoms with E-state index in [2.05, 4.69) is 10.6 Å². The molecule has 2 amide bonds. The minimum absolute atomic E-state index is 0.142. The van der Waals surface area contributed by atoms with Crippen LogP contribution >= 0.6 is 0 Å². The van der Waals surface area contributed by atoms with Crippen molar-refractivity contribution in [1.82, 2.24) is 10.6 Å². The topological polar surface area (TPSA) is 95.1 Å². The van der Waals surface area contributed by atoms with Crippen LogP contribution in [0.2, 0.25) is 0 Å². The van der Waals surface area contributed by atoms with Crippen LogP contribution in [-0.4, -0.2) is 45.4 Å². The normalized spacial score (nSPS) is 11.6. The molecule has 27 heavy (non-hydrogen) atoms. The van der Waals surface area contributed by atoms with E-state index < -0.39 is 0 Å². The Morgan fingerprint density at radius 1 is 1.00 bits per heavy atom. The van der Waals surface area contributed by atoms with Crippen LogP contribution in [0, 0.1) is 0 Å². The molecule has 1 heterocycles. The zero-order valence-electron chi connectivity index (χ0n) is 14.8. The van der Waals surface area contributed by atoms with E-state index in [1.165, 1.54) is 7.11 Å². The highest BCUT2D eigenvalue weighted by Crippen LogP contribution is 2.32. The number of carbonyl (C=O) groups is 2. The van der Waals surface area contributed by atoms with Crippen LogP contribution in [0.5, 0.6) is 23.0 Å². The Labute approximate surface area is 156 Å². The fourth-order valence-electron chi connectivity index (χ4n) is 2.45. The molecular weight excluding hydrogens is 352 g/mol. The number of para-hydroxylation sites is 2. The first-order chi connectivity index (χ1) is 13.2.